The molecule has 0 unspecified atom stereocenters. The topological polar surface area (TPSA) is 114 Å². The van der Waals surface area contributed by atoms with Gasteiger partial charge in [0.1, 0.15) is 5.75 Å². The van der Waals surface area contributed by atoms with Gasteiger partial charge in [-0.05, 0) is 55.8 Å². The molecule has 4 N–H and O–H groups in total. The third-order valence-corrected chi connectivity index (χ3v) is 5.07. The van der Waals surface area contributed by atoms with Crippen LogP contribution in [0.2, 0.25) is 0 Å². The monoisotopic (exact) mass is 410 g/mol. The van der Waals surface area contributed by atoms with Crippen LogP contribution < -0.4 is 21.1 Å². The molecule has 30 heavy (non-hydrogen) atoms. The zero-order chi connectivity index (χ0) is 21.5. The van der Waals surface area contributed by atoms with E-state index in [0.717, 1.165) is 19.4 Å². The normalized spacial score (nSPS) is 16.5. The van der Waals surface area contributed by atoms with Gasteiger partial charge in [0.2, 0.25) is 11.8 Å². The molecule has 1 heterocycles. The molecule has 1 fully saturated rings. The van der Waals surface area contributed by atoms with Crippen molar-refractivity contribution in [1.29, 1.82) is 0 Å². The van der Waals surface area contributed by atoms with Gasteiger partial charge in [0.25, 0.3) is 5.91 Å². The molecule has 8 heteroatoms. The third kappa shape index (κ3) is 5.57. The fourth-order valence-electron chi connectivity index (χ4n) is 3.49. The summed E-state index contributed by atoms with van der Waals surface area (Å²) in [6, 6.07) is 13.8. The number of hydrogen-bond acceptors (Lipinski definition) is 5. The number of benzene rings is 2. The number of likely N-dealkylation sites (tertiary alicyclic amines) is 1. The molecule has 158 valence electrons. The van der Waals surface area contributed by atoms with Crippen LogP contribution in [-0.4, -0.2) is 49.4 Å². The number of methoxy groups -OCH3 is 1. The molecule has 1 saturated heterocycles. The average molecular weight is 410 g/mol. The molecule has 3 amide bonds. The van der Waals surface area contributed by atoms with Gasteiger partial charge >= 0.3 is 0 Å². The van der Waals surface area contributed by atoms with Crippen molar-refractivity contribution in [2.45, 2.75) is 12.8 Å². The first-order valence-corrected chi connectivity index (χ1v) is 9.82. The summed E-state index contributed by atoms with van der Waals surface area (Å²) in [4.78, 5) is 38.6. The van der Waals surface area contributed by atoms with Crippen LogP contribution in [0.1, 0.15) is 23.2 Å². The van der Waals surface area contributed by atoms with Gasteiger partial charge in [-0.15, -0.1) is 0 Å². The Balaban J connectivity index is 1.63. The molecule has 0 bridgehead atoms. The van der Waals surface area contributed by atoms with Gasteiger partial charge in [0.05, 0.1) is 30.8 Å². The number of primary amides is 1. The van der Waals surface area contributed by atoms with Crippen molar-refractivity contribution in [2.75, 3.05) is 37.4 Å². The highest BCUT2D eigenvalue weighted by molar-refractivity contribution is 6.10. The van der Waals surface area contributed by atoms with Gasteiger partial charge in [-0.25, -0.2) is 0 Å². The zero-order valence-corrected chi connectivity index (χ0v) is 16.9. The van der Waals surface area contributed by atoms with Gasteiger partial charge in [0, 0.05) is 12.2 Å². The summed E-state index contributed by atoms with van der Waals surface area (Å²) < 4.78 is 5.11. The molecule has 3 rings (SSSR count). The number of anilines is 2. The number of nitrogens with two attached hydrogens (primary N) is 1. The molecule has 0 aliphatic carbocycles. The standard InChI is InChI=1S/C22H26N4O4/c1-30-17-10-8-16(9-11-17)24-22(29)18-6-2-3-7-19(18)25-20(27)14-26-12-4-5-15(13-26)21(23)28/h2-3,6-11,15H,4-5,12-14H2,1H3,(H2,23,28)(H,24,29)(H,25,27)/t15-/m1/s1. The highest BCUT2D eigenvalue weighted by Crippen LogP contribution is 2.20. The first-order valence-electron chi connectivity index (χ1n) is 9.82. The summed E-state index contributed by atoms with van der Waals surface area (Å²) in [6.07, 6.45) is 1.57. The molecular weight excluding hydrogens is 384 g/mol. The van der Waals surface area contributed by atoms with Crippen molar-refractivity contribution in [3.63, 3.8) is 0 Å². The molecule has 2 aromatic carbocycles. The number of ether oxygens (including phenoxy) is 1. The molecule has 8 nitrogen and oxygen atoms in total. The highest BCUT2D eigenvalue weighted by Gasteiger charge is 2.25. The van der Waals surface area contributed by atoms with Crippen LogP contribution in [0.4, 0.5) is 11.4 Å². The van der Waals surface area contributed by atoms with Crippen LogP contribution in [0, 0.1) is 5.92 Å². The molecule has 0 saturated carbocycles. The van der Waals surface area contributed by atoms with E-state index < -0.39 is 0 Å². The van der Waals surface area contributed by atoms with Crippen LogP contribution in [0.15, 0.2) is 48.5 Å². The van der Waals surface area contributed by atoms with Gasteiger partial charge in [-0.3, -0.25) is 19.3 Å². The van der Waals surface area contributed by atoms with E-state index in [9.17, 15) is 14.4 Å². The minimum absolute atomic E-state index is 0.137. The second kappa shape index (κ2) is 9.89. The predicted molar refractivity (Wildman–Crippen MR) is 114 cm³/mol. The van der Waals surface area contributed by atoms with Crippen molar-refractivity contribution in [3.05, 3.63) is 54.1 Å². The van der Waals surface area contributed by atoms with E-state index in [1.54, 1.807) is 55.6 Å². The first kappa shape index (κ1) is 21.3. The minimum Gasteiger partial charge on any atom is -0.497 e. The Kier molecular flexibility index (Phi) is 7.03. The molecule has 0 radical (unpaired) electrons. The zero-order valence-electron chi connectivity index (χ0n) is 16.9. The maximum atomic E-state index is 12.7. The first-order chi connectivity index (χ1) is 14.5. The Morgan fingerprint density at radius 2 is 1.83 bits per heavy atom. The van der Waals surface area contributed by atoms with Crippen LogP contribution in [-0.2, 0) is 9.59 Å². The number of rotatable bonds is 7. The molecule has 0 spiro atoms. The van der Waals surface area contributed by atoms with E-state index >= 15 is 0 Å². The SMILES string of the molecule is COc1ccc(NC(=O)c2ccccc2NC(=O)CN2CCC[C@@H](C(N)=O)C2)cc1. The Bertz CT molecular complexity index is 914. The lowest BCUT2D eigenvalue weighted by atomic mass is 9.97. The summed E-state index contributed by atoms with van der Waals surface area (Å²) in [7, 11) is 1.57. The summed E-state index contributed by atoms with van der Waals surface area (Å²) in [5.74, 6) is -0.445. The fourth-order valence-corrected chi connectivity index (χ4v) is 3.49. The lowest BCUT2D eigenvalue weighted by Crippen LogP contribution is -2.44. The van der Waals surface area contributed by atoms with Gasteiger partial charge in [0.15, 0.2) is 0 Å². The Morgan fingerprint density at radius 1 is 1.10 bits per heavy atom. The predicted octanol–water partition coefficient (Wildman–Crippen LogP) is 2.08. The Morgan fingerprint density at radius 3 is 2.53 bits per heavy atom. The number of carbonyl (C=O) groups excluding carboxylic acids is 3. The molecule has 1 aliphatic heterocycles. The Labute approximate surface area is 175 Å². The van der Waals surface area contributed by atoms with E-state index in [1.165, 1.54) is 0 Å². The number of nitrogens with zero attached hydrogens (tertiary/aromatic N) is 1. The molecule has 1 atom stereocenters. The van der Waals surface area contributed by atoms with Crippen LogP contribution in [0.25, 0.3) is 0 Å². The number of amides is 3. The van der Waals surface area contributed by atoms with Crippen molar-refractivity contribution in [2.24, 2.45) is 11.7 Å². The van der Waals surface area contributed by atoms with Crippen LogP contribution in [0.3, 0.4) is 0 Å². The van der Waals surface area contributed by atoms with Crippen LogP contribution >= 0.6 is 0 Å². The van der Waals surface area contributed by atoms with Crippen molar-refractivity contribution >= 4 is 29.1 Å². The summed E-state index contributed by atoms with van der Waals surface area (Å²) in [6.45, 7) is 1.34. The number of hydrogen-bond donors (Lipinski definition) is 3. The maximum absolute atomic E-state index is 12.7. The highest BCUT2D eigenvalue weighted by atomic mass is 16.5. The molecule has 0 aromatic heterocycles. The van der Waals surface area contributed by atoms with Gasteiger partial charge in [-0.1, -0.05) is 12.1 Å². The quantitative estimate of drug-likeness (QED) is 0.647. The third-order valence-electron chi connectivity index (χ3n) is 5.07. The van der Waals surface area contributed by atoms with Gasteiger partial charge < -0.3 is 21.1 Å². The summed E-state index contributed by atoms with van der Waals surface area (Å²) in [5, 5.41) is 5.62. The second-order valence-electron chi connectivity index (χ2n) is 7.25. The summed E-state index contributed by atoms with van der Waals surface area (Å²) in [5.41, 5.74) is 6.80. The second-order valence-corrected chi connectivity index (χ2v) is 7.25. The maximum Gasteiger partial charge on any atom is 0.257 e. The van der Waals surface area contributed by atoms with Crippen molar-refractivity contribution in [1.82, 2.24) is 4.90 Å². The van der Waals surface area contributed by atoms with E-state index in [1.807, 2.05) is 4.90 Å². The van der Waals surface area contributed by atoms with E-state index in [0.29, 0.717) is 29.2 Å². The number of piperidine rings is 1. The summed E-state index contributed by atoms with van der Waals surface area (Å²) >= 11 is 0. The smallest absolute Gasteiger partial charge is 0.257 e. The van der Waals surface area contributed by atoms with Crippen LogP contribution in [0.5, 0.6) is 5.75 Å². The van der Waals surface area contributed by atoms with E-state index in [2.05, 4.69) is 10.6 Å². The van der Waals surface area contributed by atoms with Crippen molar-refractivity contribution < 1.29 is 19.1 Å². The minimum atomic E-state index is -0.333. The number of carbonyl (C=O) groups is 3. The molecule has 2 aromatic rings. The fraction of sp³-hybridized carbons (Fsp3) is 0.318. The van der Waals surface area contributed by atoms with E-state index in [4.69, 9.17) is 10.5 Å². The average Bonchev–Trinajstić information content (AvgIpc) is 2.74. The molecule has 1 aliphatic rings. The number of nitrogens with one attached hydrogen (secondary N) is 2. The van der Waals surface area contributed by atoms with Crippen molar-refractivity contribution in [3.8, 4) is 5.75 Å². The Hall–Kier alpha value is -3.39. The van der Waals surface area contributed by atoms with Gasteiger partial charge in [-0.2, -0.15) is 0 Å². The largest absolute Gasteiger partial charge is 0.497 e. The number of para-hydroxylation sites is 1. The molecular formula is C22H26N4O4. The van der Waals surface area contributed by atoms with E-state index in [-0.39, 0.29) is 30.2 Å². The lowest BCUT2D eigenvalue weighted by Gasteiger charge is -2.30. The lowest BCUT2D eigenvalue weighted by molar-refractivity contribution is -0.125.